The van der Waals surface area contributed by atoms with E-state index in [4.69, 9.17) is 40.5 Å². The van der Waals surface area contributed by atoms with Crippen LogP contribution in [0.3, 0.4) is 0 Å². The SMILES string of the molecule is CC(N)C1CCCN(S(=O)(=O)c2c(Cl)cc(Cl)cc2Cl)C1.Cl. The highest BCUT2D eigenvalue weighted by Gasteiger charge is 2.34. The molecule has 0 spiro atoms. The van der Waals surface area contributed by atoms with Crippen LogP contribution < -0.4 is 5.73 Å². The van der Waals surface area contributed by atoms with Crippen LogP contribution >= 0.6 is 47.2 Å². The quantitative estimate of drug-likeness (QED) is 0.828. The fraction of sp³-hybridized carbons (Fsp3) is 0.538. The fourth-order valence-electron chi connectivity index (χ4n) is 2.53. The van der Waals surface area contributed by atoms with E-state index in [0.29, 0.717) is 18.1 Å². The van der Waals surface area contributed by atoms with Gasteiger partial charge in [-0.05, 0) is 37.8 Å². The van der Waals surface area contributed by atoms with E-state index < -0.39 is 10.0 Å². The average molecular weight is 408 g/mol. The minimum Gasteiger partial charge on any atom is -0.328 e. The monoisotopic (exact) mass is 406 g/mol. The third-order valence-corrected chi connectivity index (χ3v) is 6.73. The van der Waals surface area contributed by atoms with Gasteiger partial charge < -0.3 is 5.73 Å². The van der Waals surface area contributed by atoms with Crippen molar-refractivity contribution in [1.29, 1.82) is 0 Å². The van der Waals surface area contributed by atoms with Gasteiger partial charge in [0.05, 0.1) is 10.0 Å². The first-order valence-electron chi connectivity index (χ1n) is 6.63. The maximum absolute atomic E-state index is 12.8. The molecule has 0 saturated carbocycles. The molecule has 1 aromatic carbocycles. The molecule has 4 nitrogen and oxygen atoms in total. The number of nitrogens with two attached hydrogens (primary N) is 1. The number of sulfonamides is 1. The zero-order valence-corrected chi connectivity index (χ0v) is 15.8. The molecule has 2 rings (SSSR count). The van der Waals surface area contributed by atoms with Gasteiger partial charge >= 0.3 is 0 Å². The molecule has 0 bridgehead atoms. The third kappa shape index (κ3) is 4.20. The molecule has 1 aliphatic rings. The van der Waals surface area contributed by atoms with Crippen molar-refractivity contribution in [2.75, 3.05) is 13.1 Å². The Labute approximate surface area is 152 Å². The number of nitrogens with zero attached hydrogens (tertiary/aromatic N) is 1. The van der Waals surface area contributed by atoms with Crippen molar-refractivity contribution in [1.82, 2.24) is 4.31 Å². The Balaban J connectivity index is 0.00000242. The van der Waals surface area contributed by atoms with Gasteiger partial charge in [0.25, 0.3) is 0 Å². The van der Waals surface area contributed by atoms with E-state index in [1.807, 2.05) is 6.92 Å². The summed E-state index contributed by atoms with van der Waals surface area (Å²) in [6, 6.07) is 2.71. The normalized spacial score (nSPS) is 21.2. The molecule has 0 aromatic heterocycles. The maximum atomic E-state index is 12.8. The van der Waals surface area contributed by atoms with Crippen LogP contribution in [0.2, 0.25) is 15.1 Å². The molecule has 0 radical (unpaired) electrons. The highest BCUT2D eigenvalue weighted by molar-refractivity contribution is 7.89. The Hall–Kier alpha value is 0.250. The van der Waals surface area contributed by atoms with Gasteiger partial charge in [-0.2, -0.15) is 4.31 Å². The molecule has 2 atom stereocenters. The molecule has 9 heteroatoms. The van der Waals surface area contributed by atoms with Crippen LogP contribution in [0.1, 0.15) is 19.8 Å². The number of halogens is 4. The fourth-order valence-corrected chi connectivity index (χ4v) is 5.55. The summed E-state index contributed by atoms with van der Waals surface area (Å²) in [7, 11) is -3.75. The van der Waals surface area contributed by atoms with Crippen molar-refractivity contribution < 1.29 is 8.42 Å². The first-order valence-corrected chi connectivity index (χ1v) is 9.21. The van der Waals surface area contributed by atoms with Crippen LogP contribution in [0.25, 0.3) is 0 Å². The molecule has 0 amide bonds. The van der Waals surface area contributed by atoms with Crippen molar-refractivity contribution in [2.24, 2.45) is 11.7 Å². The lowest BCUT2D eigenvalue weighted by atomic mass is 9.93. The lowest BCUT2D eigenvalue weighted by molar-refractivity contribution is 0.243. The summed E-state index contributed by atoms with van der Waals surface area (Å²) in [6.07, 6.45) is 1.69. The molecule has 2 unspecified atom stereocenters. The van der Waals surface area contributed by atoms with Crippen LogP contribution in [-0.4, -0.2) is 31.9 Å². The molecular weight excluding hydrogens is 390 g/mol. The number of rotatable bonds is 3. The van der Waals surface area contributed by atoms with E-state index in [1.54, 1.807) is 0 Å². The lowest BCUT2D eigenvalue weighted by Gasteiger charge is -2.34. The van der Waals surface area contributed by atoms with Crippen molar-refractivity contribution in [3.63, 3.8) is 0 Å². The van der Waals surface area contributed by atoms with Crippen molar-refractivity contribution >= 4 is 57.2 Å². The van der Waals surface area contributed by atoms with Gasteiger partial charge in [-0.25, -0.2) is 8.42 Å². The average Bonchev–Trinajstić information content (AvgIpc) is 2.37. The number of benzene rings is 1. The van der Waals surface area contributed by atoms with Crippen molar-refractivity contribution in [3.05, 3.63) is 27.2 Å². The maximum Gasteiger partial charge on any atom is 0.246 e. The second-order valence-electron chi connectivity index (χ2n) is 5.32. The minimum absolute atomic E-state index is 0. The summed E-state index contributed by atoms with van der Waals surface area (Å²) >= 11 is 17.9. The summed E-state index contributed by atoms with van der Waals surface area (Å²) in [6.45, 7) is 2.72. The summed E-state index contributed by atoms with van der Waals surface area (Å²) in [4.78, 5) is -0.0828. The smallest absolute Gasteiger partial charge is 0.246 e. The Morgan fingerprint density at radius 2 is 1.82 bits per heavy atom. The predicted molar refractivity (Wildman–Crippen MR) is 93.9 cm³/mol. The highest BCUT2D eigenvalue weighted by atomic mass is 35.5. The van der Waals surface area contributed by atoms with Gasteiger partial charge in [-0.1, -0.05) is 34.8 Å². The summed E-state index contributed by atoms with van der Waals surface area (Å²) in [5.74, 6) is 0.137. The third-order valence-electron chi connectivity index (χ3n) is 3.73. The van der Waals surface area contributed by atoms with E-state index in [1.165, 1.54) is 16.4 Å². The first kappa shape index (κ1) is 20.3. The standard InChI is InChI=1S/C13H17Cl3N2O2S.ClH/c1-8(17)9-3-2-4-18(7-9)21(19,20)13-11(15)5-10(14)6-12(13)16;/h5-6,8-9H,2-4,7,17H2,1H3;1H. The van der Waals surface area contributed by atoms with E-state index >= 15 is 0 Å². The van der Waals surface area contributed by atoms with Gasteiger partial charge in [-0.15, -0.1) is 12.4 Å². The molecule has 1 heterocycles. The van der Waals surface area contributed by atoms with Gasteiger partial charge in [-0.3, -0.25) is 0 Å². The Bertz CT molecular complexity index is 614. The van der Waals surface area contributed by atoms with E-state index in [-0.39, 0.29) is 39.3 Å². The van der Waals surface area contributed by atoms with Crippen molar-refractivity contribution in [3.8, 4) is 0 Å². The summed E-state index contributed by atoms with van der Waals surface area (Å²) < 4.78 is 27.0. The van der Waals surface area contributed by atoms with Gasteiger partial charge in [0.2, 0.25) is 10.0 Å². The first-order chi connectivity index (χ1) is 9.73. The van der Waals surface area contributed by atoms with Crippen LogP contribution in [0.5, 0.6) is 0 Å². The summed E-state index contributed by atoms with van der Waals surface area (Å²) in [5, 5.41) is 0.377. The molecule has 1 aliphatic heterocycles. The summed E-state index contributed by atoms with van der Waals surface area (Å²) in [5.41, 5.74) is 5.90. The van der Waals surface area contributed by atoms with Gasteiger partial charge in [0.1, 0.15) is 4.90 Å². The molecule has 126 valence electrons. The number of piperidine rings is 1. The predicted octanol–water partition coefficient (Wildman–Crippen LogP) is 3.82. The van der Waals surface area contributed by atoms with Crippen LogP contribution in [0.15, 0.2) is 17.0 Å². The van der Waals surface area contributed by atoms with Crippen molar-refractivity contribution in [2.45, 2.75) is 30.7 Å². The lowest BCUT2D eigenvalue weighted by Crippen LogP contribution is -2.45. The number of hydrogen-bond acceptors (Lipinski definition) is 3. The molecular formula is C13H18Cl4N2O2S. The molecule has 2 N–H and O–H groups in total. The minimum atomic E-state index is -3.75. The molecule has 1 fully saturated rings. The van der Waals surface area contributed by atoms with E-state index in [2.05, 4.69) is 0 Å². The van der Waals surface area contributed by atoms with Crippen LogP contribution in [0, 0.1) is 5.92 Å². The van der Waals surface area contributed by atoms with Crippen LogP contribution in [0.4, 0.5) is 0 Å². The van der Waals surface area contributed by atoms with Crippen LogP contribution in [-0.2, 0) is 10.0 Å². The van der Waals surface area contributed by atoms with E-state index in [9.17, 15) is 8.42 Å². The molecule has 1 aromatic rings. The Kier molecular flexibility index (Phi) is 7.27. The second-order valence-corrected chi connectivity index (χ2v) is 8.45. The second kappa shape index (κ2) is 7.88. The van der Waals surface area contributed by atoms with Gasteiger partial charge in [0, 0.05) is 24.2 Å². The molecule has 22 heavy (non-hydrogen) atoms. The molecule has 1 saturated heterocycles. The Morgan fingerprint density at radius 1 is 1.27 bits per heavy atom. The topological polar surface area (TPSA) is 63.4 Å². The highest BCUT2D eigenvalue weighted by Crippen LogP contribution is 2.36. The zero-order chi connectivity index (χ0) is 15.8. The zero-order valence-electron chi connectivity index (χ0n) is 11.9. The number of hydrogen-bond donors (Lipinski definition) is 1. The largest absolute Gasteiger partial charge is 0.328 e. The Morgan fingerprint density at radius 3 is 2.32 bits per heavy atom. The van der Waals surface area contributed by atoms with E-state index in [0.717, 1.165) is 12.8 Å². The molecule has 0 aliphatic carbocycles. The van der Waals surface area contributed by atoms with Gasteiger partial charge in [0.15, 0.2) is 0 Å².